The smallest absolute Gasteiger partial charge is 0.271 e. The summed E-state index contributed by atoms with van der Waals surface area (Å²) in [6.45, 7) is 1.86. The molecule has 1 amide bonds. The number of benzene rings is 2. The number of methoxy groups -OCH3 is 2. The molecule has 0 atom stereocenters. The summed E-state index contributed by atoms with van der Waals surface area (Å²) >= 11 is 0. The molecule has 0 saturated carbocycles. The molecule has 0 fully saturated rings. The van der Waals surface area contributed by atoms with Gasteiger partial charge in [-0.15, -0.1) is 0 Å². The maximum atomic E-state index is 12.3. The average molecular weight is 458 g/mol. The third-order valence-corrected chi connectivity index (χ3v) is 5.87. The topological polar surface area (TPSA) is 119 Å². The minimum absolute atomic E-state index is 0.0257. The number of hydrazone groups is 1. The number of furan rings is 1. The van der Waals surface area contributed by atoms with Crippen molar-refractivity contribution in [1.29, 1.82) is 0 Å². The van der Waals surface area contributed by atoms with E-state index >= 15 is 0 Å². The first-order chi connectivity index (χ1) is 15.3. The molecule has 3 aromatic rings. The maximum Gasteiger partial charge on any atom is 0.271 e. The molecule has 3 rings (SSSR count). The van der Waals surface area contributed by atoms with E-state index in [1.165, 1.54) is 26.5 Å². The van der Waals surface area contributed by atoms with Gasteiger partial charge in [-0.2, -0.15) is 5.10 Å². The normalized spacial score (nSPS) is 11.5. The van der Waals surface area contributed by atoms with Crippen LogP contribution in [0.1, 0.15) is 27.4 Å². The molecule has 168 valence electrons. The number of rotatable bonds is 9. The monoisotopic (exact) mass is 457 g/mol. The lowest BCUT2D eigenvalue weighted by Crippen LogP contribution is -2.22. The second-order valence-electron chi connectivity index (χ2n) is 6.71. The molecule has 2 N–H and O–H groups in total. The van der Waals surface area contributed by atoms with Crippen LogP contribution >= 0.6 is 0 Å². The number of carbonyl (C=O) groups is 1. The second-order valence-corrected chi connectivity index (χ2v) is 8.48. The molecule has 0 saturated heterocycles. The number of amides is 1. The van der Waals surface area contributed by atoms with E-state index in [4.69, 9.17) is 13.9 Å². The van der Waals surface area contributed by atoms with E-state index in [-0.39, 0.29) is 11.4 Å². The number of aryl methyl sites for hydroxylation is 1. The molecule has 0 bridgehead atoms. The Bertz CT molecular complexity index is 1220. The standard InChI is InChI=1S/C22H23N3O6S/c1-15-4-9-19(10-5-15)32(27,28)24-14-18-8-7-17(31-18)13-23-25-22(26)16-6-11-20(29-2)21(12-16)30-3/h4-13,24H,14H2,1-3H3,(H,25,26)/b23-13-. The summed E-state index contributed by atoms with van der Waals surface area (Å²) < 4.78 is 43.0. The Hall–Kier alpha value is -3.63. The van der Waals surface area contributed by atoms with Crippen molar-refractivity contribution in [2.45, 2.75) is 18.4 Å². The fraction of sp³-hybridized carbons (Fsp3) is 0.182. The zero-order valence-electron chi connectivity index (χ0n) is 17.8. The van der Waals surface area contributed by atoms with Gasteiger partial charge in [0.15, 0.2) is 11.5 Å². The van der Waals surface area contributed by atoms with Crippen molar-refractivity contribution < 1.29 is 27.1 Å². The highest BCUT2D eigenvalue weighted by Gasteiger charge is 2.14. The number of nitrogens with zero attached hydrogens (tertiary/aromatic N) is 1. The van der Waals surface area contributed by atoms with Crippen molar-refractivity contribution in [3.63, 3.8) is 0 Å². The highest BCUT2D eigenvalue weighted by molar-refractivity contribution is 7.89. The summed E-state index contributed by atoms with van der Waals surface area (Å²) in [6, 6.07) is 14.5. The van der Waals surface area contributed by atoms with Crippen LogP contribution in [-0.2, 0) is 16.6 Å². The van der Waals surface area contributed by atoms with Gasteiger partial charge in [-0.1, -0.05) is 17.7 Å². The minimum Gasteiger partial charge on any atom is -0.493 e. The number of ether oxygens (including phenoxy) is 2. The van der Waals surface area contributed by atoms with E-state index in [2.05, 4.69) is 15.2 Å². The predicted octanol–water partition coefficient (Wildman–Crippen LogP) is 2.85. The second kappa shape index (κ2) is 10.1. The Morgan fingerprint density at radius 3 is 2.44 bits per heavy atom. The lowest BCUT2D eigenvalue weighted by atomic mass is 10.2. The summed E-state index contributed by atoms with van der Waals surface area (Å²) in [5.74, 6) is 1.23. The van der Waals surface area contributed by atoms with Gasteiger partial charge in [-0.05, 0) is 49.4 Å². The highest BCUT2D eigenvalue weighted by atomic mass is 32.2. The molecule has 0 aliphatic carbocycles. The van der Waals surface area contributed by atoms with Crippen LogP contribution in [0.2, 0.25) is 0 Å². The molecule has 9 nitrogen and oxygen atoms in total. The first kappa shape index (κ1) is 23.0. The first-order valence-electron chi connectivity index (χ1n) is 9.53. The molecule has 1 heterocycles. The SMILES string of the molecule is COc1ccc(C(=O)N/N=C\c2ccc(CNS(=O)(=O)c3ccc(C)cc3)o2)cc1OC. The Morgan fingerprint density at radius 2 is 1.75 bits per heavy atom. The van der Waals surface area contributed by atoms with Crippen LogP contribution in [0.25, 0.3) is 0 Å². The molecular formula is C22H23N3O6S. The van der Waals surface area contributed by atoms with Crippen LogP contribution in [0, 0.1) is 6.92 Å². The zero-order valence-corrected chi connectivity index (χ0v) is 18.6. The molecule has 10 heteroatoms. The minimum atomic E-state index is -3.66. The van der Waals surface area contributed by atoms with Gasteiger partial charge in [0.05, 0.1) is 31.9 Å². The third-order valence-electron chi connectivity index (χ3n) is 4.45. The summed E-state index contributed by atoms with van der Waals surface area (Å²) in [7, 11) is -0.669. The Balaban J connectivity index is 1.56. The van der Waals surface area contributed by atoms with Gasteiger partial charge in [0.25, 0.3) is 5.91 Å². The fourth-order valence-electron chi connectivity index (χ4n) is 2.72. The van der Waals surface area contributed by atoms with Crippen LogP contribution in [0.5, 0.6) is 11.5 Å². The van der Waals surface area contributed by atoms with E-state index < -0.39 is 15.9 Å². The van der Waals surface area contributed by atoms with Crippen molar-refractivity contribution in [1.82, 2.24) is 10.1 Å². The lowest BCUT2D eigenvalue weighted by molar-refractivity contribution is 0.0954. The number of hydrogen-bond donors (Lipinski definition) is 2. The van der Waals surface area contributed by atoms with Crippen molar-refractivity contribution in [2.75, 3.05) is 14.2 Å². The Labute approximate surface area is 186 Å². The fourth-order valence-corrected chi connectivity index (χ4v) is 3.72. The predicted molar refractivity (Wildman–Crippen MR) is 119 cm³/mol. The largest absolute Gasteiger partial charge is 0.493 e. The van der Waals surface area contributed by atoms with Crippen LogP contribution in [-0.4, -0.2) is 34.8 Å². The van der Waals surface area contributed by atoms with E-state index in [0.717, 1.165) is 5.56 Å². The molecule has 0 radical (unpaired) electrons. The van der Waals surface area contributed by atoms with Crippen molar-refractivity contribution >= 4 is 22.1 Å². The van der Waals surface area contributed by atoms with Crippen molar-refractivity contribution in [2.24, 2.45) is 5.10 Å². The number of sulfonamides is 1. The van der Waals surface area contributed by atoms with Crippen molar-refractivity contribution in [3.05, 3.63) is 77.2 Å². The van der Waals surface area contributed by atoms with Crippen molar-refractivity contribution in [3.8, 4) is 11.5 Å². The van der Waals surface area contributed by atoms with E-state index in [1.54, 1.807) is 48.5 Å². The highest BCUT2D eigenvalue weighted by Crippen LogP contribution is 2.27. The molecule has 0 aliphatic rings. The molecule has 32 heavy (non-hydrogen) atoms. The molecule has 1 aromatic heterocycles. The van der Waals surface area contributed by atoms with Gasteiger partial charge < -0.3 is 13.9 Å². The quantitative estimate of drug-likeness (QED) is 0.377. The lowest BCUT2D eigenvalue weighted by Gasteiger charge is -2.08. The van der Waals surface area contributed by atoms with Crippen LogP contribution in [0.3, 0.4) is 0 Å². The molecular weight excluding hydrogens is 434 g/mol. The number of carbonyl (C=O) groups excluding carboxylic acids is 1. The summed E-state index contributed by atoms with van der Waals surface area (Å²) in [5.41, 5.74) is 3.70. The van der Waals surface area contributed by atoms with Gasteiger partial charge in [-0.25, -0.2) is 18.6 Å². The van der Waals surface area contributed by atoms with Gasteiger partial charge in [-0.3, -0.25) is 4.79 Å². The van der Waals surface area contributed by atoms with Gasteiger partial charge in [0, 0.05) is 5.56 Å². The molecule has 0 unspecified atom stereocenters. The summed E-state index contributed by atoms with van der Waals surface area (Å²) in [5, 5.41) is 3.87. The summed E-state index contributed by atoms with van der Waals surface area (Å²) in [6.07, 6.45) is 1.32. The Kier molecular flexibility index (Phi) is 7.29. The average Bonchev–Trinajstić information content (AvgIpc) is 3.25. The van der Waals surface area contributed by atoms with E-state index in [0.29, 0.717) is 28.6 Å². The van der Waals surface area contributed by atoms with Crippen LogP contribution in [0.15, 0.2) is 69.0 Å². The van der Waals surface area contributed by atoms with Gasteiger partial charge in [0.1, 0.15) is 11.5 Å². The van der Waals surface area contributed by atoms with Crippen LogP contribution < -0.4 is 19.6 Å². The maximum absolute atomic E-state index is 12.3. The third kappa shape index (κ3) is 5.74. The number of nitrogens with one attached hydrogen (secondary N) is 2. The molecule has 0 spiro atoms. The number of hydrogen-bond acceptors (Lipinski definition) is 7. The van der Waals surface area contributed by atoms with Crippen LogP contribution in [0.4, 0.5) is 0 Å². The first-order valence-corrected chi connectivity index (χ1v) is 11.0. The van der Waals surface area contributed by atoms with E-state index in [9.17, 15) is 13.2 Å². The Morgan fingerprint density at radius 1 is 1.03 bits per heavy atom. The van der Waals surface area contributed by atoms with Gasteiger partial charge >= 0.3 is 0 Å². The van der Waals surface area contributed by atoms with Gasteiger partial charge in [0.2, 0.25) is 10.0 Å². The van der Waals surface area contributed by atoms with E-state index in [1.807, 2.05) is 6.92 Å². The molecule has 2 aromatic carbocycles. The molecule has 0 aliphatic heterocycles. The summed E-state index contributed by atoms with van der Waals surface area (Å²) in [4.78, 5) is 12.4. The zero-order chi connectivity index (χ0) is 23.1.